The van der Waals surface area contributed by atoms with E-state index in [1.54, 1.807) is 7.11 Å². The highest BCUT2D eigenvalue weighted by Gasteiger charge is 2.27. The van der Waals surface area contributed by atoms with Gasteiger partial charge in [-0.05, 0) is 11.8 Å². The van der Waals surface area contributed by atoms with Crippen molar-refractivity contribution in [3.63, 3.8) is 0 Å². The molecule has 1 heterocycles. The van der Waals surface area contributed by atoms with Crippen LogP contribution in [0.1, 0.15) is 27.2 Å². The fourth-order valence-corrected chi connectivity index (χ4v) is 1.71. The minimum atomic E-state index is 0.200. The third-order valence-corrected chi connectivity index (χ3v) is 3.13. The minimum absolute atomic E-state index is 0.200. The first-order valence-electron chi connectivity index (χ1n) is 5.44. The third kappa shape index (κ3) is 3.23. The molecule has 1 fully saturated rings. The van der Waals surface area contributed by atoms with E-state index in [0.29, 0.717) is 6.10 Å². The van der Waals surface area contributed by atoms with Crippen LogP contribution >= 0.6 is 0 Å². The second-order valence-corrected chi connectivity index (χ2v) is 5.38. The van der Waals surface area contributed by atoms with Gasteiger partial charge >= 0.3 is 0 Å². The zero-order valence-corrected chi connectivity index (χ0v) is 9.92. The van der Waals surface area contributed by atoms with Gasteiger partial charge in [0.05, 0.1) is 6.10 Å². The van der Waals surface area contributed by atoms with Crippen molar-refractivity contribution < 1.29 is 4.74 Å². The maximum atomic E-state index is 6.13. The van der Waals surface area contributed by atoms with E-state index in [9.17, 15) is 0 Å². The largest absolute Gasteiger partial charge is 0.380 e. The molecule has 3 nitrogen and oxygen atoms in total. The third-order valence-electron chi connectivity index (χ3n) is 3.13. The van der Waals surface area contributed by atoms with Crippen molar-refractivity contribution in [3.05, 3.63) is 0 Å². The number of hydrogen-bond acceptors (Lipinski definition) is 3. The van der Waals surface area contributed by atoms with Crippen LogP contribution in [0.2, 0.25) is 0 Å². The van der Waals surface area contributed by atoms with Crippen molar-refractivity contribution in [2.75, 3.05) is 26.7 Å². The second-order valence-electron chi connectivity index (χ2n) is 5.38. The van der Waals surface area contributed by atoms with Crippen LogP contribution in [-0.4, -0.2) is 43.8 Å². The average molecular weight is 200 g/mol. The normalized spacial score (nSPS) is 26.8. The van der Waals surface area contributed by atoms with Gasteiger partial charge in [-0.15, -0.1) is 0 Å². The van der Waals surface area contributed by atoms with Gasteiger partial charge in [0, 0.05) is 32.8 Å². The number of nitrogens with zero attached hydrogens (tertiary/aromatic N) is 1. The average Bonchev–Trinajstić information content (AvgIpc) is 2.50. The summed E-state index contributed by atoms with van der Waals surface area (Å²) in [5.74, 6) is 0. The summed E-state index contributed by atoms with van der Waals surface area (Å²) in [6.07, 6.45) is 1.56. The molecule has 84 valence electrons. The molecule has 0 aromatic heterocycles. The standard InChI is InChI=1S/C11H24N2O/c1-11(2,3)10(12)8-13-6-5-9(7-13)14-4/h9-10H,5-8,12H2,1-4H3. The van der Waals surface area contributed by atoms with Crippen molar-refractivity contribution in [3.8, 4) is 0 Å². The highest BCUT2D eigenvalue weighted by Crippen LogP contribution is 2.20. The molecule has 0 saturated carbocycles. The molecule has 2 N–H and O–H groups in total. The molecule has 0 aromatic carbocycles. The van der Waals surface area contributed by atoms with E-state index in [0.717, 1.165) is 26.1 Å². The topological polar surface area (TPSA) is 38.5 Å². The Kier molecular flexibility index (Phi) is 3.93. The zero-order valence-electron chi connectivity index (χ0n) is 9.92. The molecule has 14 heavy (non-hydrogen) atoms. The van der Waals surface area contributed by atoms with E-state index in [1.165, 1.54) is 0 Å². The first-order chi connectivity index (χ1) is 6.43. The summed E-state index contributed by atoms with van der Waals surface area (Å²) in [4.78, 5) is 2.41. The van der Waals surface area contributed by atoms with Crippen LogP contribution in [0.25, 0.3) is 0 Å². The Balaban J connectivity index is 2.32. The monoisotopic (exact) mass is 200 g/mol. The number of nitrogens with two attached hydrogens (primary N) is 1. The molecular weight excluding hydrogens is 176 g/mol. The Morgan fingerprint density at radius 2 is 2.14 bits per heavy atom. The Morgan fingerprint density at radius 3 is 2.57 bits per heavy atom. The predicted molar refractivity (Wildman–Crippen MR) is 59.3 cm³/mol. The lowest BCUT2D eigenvalue weighted by Gasteiger charge is -2.30. The van der Waals surface area contributed by atoms with Gasteiger partial charge in [0.2, 0.25) is 0 Å². The number of hydrogen-bond donors (Lipinski definition) is 1. The fraction of sp³-hybridized carbons (Fsp3) is 1.00. The smallest absolute Gasteiger partial charge is 0.0710 e. The van der Waals surface area contributed by atoms with Crippen molar-refractivity contribution >= 4 is 0 Å². The number of methoxy groups -OCH3 is 1. The summed E-state index contributed by atoms with van der Waals surface area (Å²) in [5, 5.41) is 0. The summed E-state index contributed by atoms with van der Waals surface area (Å²) < 4.78 is 5.33. The summed E-state index contributed by atoms with van der Waals surface area (Å²) in [6, 6.07) is 0.248. The molecule has 3 heteroatoms. The van der Waals surface area contributed by atoms with Crippen LogP contribution in [0.4, 0.5) is 0 Å². The number of likely N-dealkylation sites (tertiary alicyclic amines) is 1. The van der Waals surface area contributed by atoms with Gasteiger partial charge in [-0.3, -0.25) is 4.90 Å². The Labute approximate surface area is 87.6 Å². The van der Waals surface area contributed by atoms with Gasteiger partial charge < -0.3 is 10.5 Å². The van der Waals surface area contributed by atoms with Crippen LogP contribution in [-0.2, 0) is 4.74 Å². The van der Waals surface area contributed by atoms with Crippen LogP contribution < -0.4 is 5.73 Å². The lowest BCUT2D eigenvalue weighted by molar-refractivity contribution is 0.104. The molecule has 1 aliphatic rings. The van der Waals surface area contributed by atoms with Gasteiger partial charge in [-0.25, -0.2) is 0 Å². The predicted octanol–water partition coefficient (Wildman–Crippen LogP) is 1.08. The molecule has 0 aliphatic carbocycles. The number of rotatable bonds is 3. The molecule has 1 rings (SSSR count). The fourth-order valence-electron chi connectivity index (χ4n) is 1.71. The van der Waals surface area contributed by atoms with Gasteiger partial charge in [0.25, 0.3) is 0 Å². The highest BCUT2D eigenvalue weighted by atomic mass is 16.5. The molecule has 0 amide bonds. The maximum Gasteiger partial charge on any atom is 0.0710 e. The van der Waals surface area contributed by atoms with Crippen LogP contribution in [0.15, 0.2) is 0 Å². The summed E-state index contributed by atoms with van der Waals surface area (Å²) in [5.41, 5.74) is 6.33. The highest BCUT2D eigenvalue weighted by molar-refractivity contribution is 4.84. The lowest BCUT2D eigenvalue weighted by Crippen LogP contribution is -2.44. The molecule has 0 radical (unpaired) electrons. The van der Waals surface area contributed by atoms with E-state index in [-0.39, 0.29) is 11.5 Å². The molecule has 0 spiro atoms. The Bertz CT molecular complexity index is 177. The van der Waals surface area contributed by atoms with Crippen molar-refractivity contribution in [1.82, 2.24) is 4.90 Å². The van der Waals surface area contributed by atoms with Crippen molar-refractivity contribution in [1.29, 1.82) is 0 Å². The van der Waals surface area contributed by atoms with E-state index < -0.39 is 0 Å². The van der Waals surface area contributed by atoms with E-state index in [2.05, 4.69) is 25.7 Å². The molecule has 1 aliphatic heterocycles. The van der Waals surface area contributed by atoms with E-state index >= 15 is 0 Å². The Hall–Kier alpha value is -0.120. The van der Waals surface area contributed by atoms with E-state index in [1.807, 2.05) is 0 Å². The first kappa shape index (κ1) is 12.0. The molecule has 0 bridgehead atoms. The Morgan fingerprint density at radius 1 is 1.50 bits per heavy atom. The number of ether oxygens (including phenoxy) is 1. The zero-order chi connectivity index (χ0) is 10.8. The van der Waals surface area contributed by atoms with Gasteiger partial charge in [-0.2, -0.15) is 0 Å². The minimum Gasteiger partial charge on any atom is -0.380 e. The molecule has 2 unspecified atom stereocenters. The molecule has 0 aromatic rings. The molecular formula is C11H24N2O. The lowest BCUT2D eigenvalue weighted by atomic mass is 9.87. The van der Waals surface area contributed by atoms with Crippen LogP contribution in [0, 0.1) is 5.41 Å². The first-order valence-corrected chi connectivity index (χ1v) is 5.44. The van der Waals surface area contributed by atoms with E-state index in [4.69, 9.17) is 10.5 Å². The molecule has 2 atom stereocenters. The SMILES string of the molecule is COC1CCN(CC(N)C(C)(C)C)C1. The van der Waals surface area contributed by atoms with Crippen molar-refractivity contribution in [2.45, 2.75) is 39.3 Å². The second kappa shape index (κ2) is 4.60. The van der Waals surface area contributed by atoms with Gasteiger partial charge in [-0.1, -0.05) is 20.8 Å². The van der Waals surface area contributed by atoms with Gasteiger partial charge in [0.1, 0.15) is 0 Å². The van der Waals surface area contributed by atoms with Crippen LogP contribution in [0.5, 0.6) is 0 Å². The summed E-state index contributed by atoms with van der Waals surface area (Å²) >= 11 is 0. The summed E-state index contributed by atoms with van der Waals surface area (Å²) in [6.45, 7) is 9.75. The maximum absolute atomic E-state index is 6.13. The van der Waals surface area contributed by atoms with Gasteiger partial charge in [0.15, 0.2) is 0 Å². The summed E-state index contributed by atoms with van der Waals surface area (Å²) in [7, 11) is 1.79. The van der Waals surface area contributed by atoms with Crippen LogP contribution in [0.3, 0.4) is 0 Å². The van der Waals surface area contributed by atoms with Crippen molar-refractivity contribution in [2.24, 2.45) is 11.1 Å². The molecule has 1 saturated heterocycles. The quantitative estimate of drug-likeness (QED) is 0.741.